The van der Waals surface area contributed by atoms with Crippen molar-refractivity contribution < 1.29 is 0 Å². The van der Waals surface area contributed by atoms with Crippen molar-refractivity contribution in [1.82, 2.24) is 0 Å². The average Bonchev–Trinajstić information content (AvgIpc) is 3.96. The minimum Gasteiger partial charge on any atom is -0.335 e. The quantitative estimate of drug-likeness (QED) is 0.136. The maximum absolute atomic E-state index is 2.50. The zero-order chi connectivity index (χ0) is 33.2. The predicted molar refractivity (Wildman–Crippen MR) is 210 cm³/mol. The molecule has 0 N–H and O–H groups in total. The zero-order valence-corrected chi connectivity index (χ0v) is 28.2. The number of nitrogens with zero attached hydrogens (tertiary/aromatic N) is 1. The Hall–Kier alpha value is -5.66. The fourth-order valence-corrected chi connectivity index (χ4v) is 7.15. The number of allylic oxidation sites excluding steroid dienone is 7. The van der Waals surface area contributed by atoms with Gasteiger partial charge in [-0.15, -0.1) is 0 Å². The van der Waals surface area contributed by atoms with Crippen LogP contribution in [-0.2, 0) is 0 Å². The summed E-state index contributed by atoms with van der Waals surface area (Å²) in [4.78, 5) is 2.50. The van der Waals surface area contributed by atoms with Gasteiger partial charge in [0.1, 0.15) is 0 Å². The highest BCUT2D eigenvalue weighted by atomic mass is 15.2. The van der Waals surface area contributed by atoms with Crippen molar-refractivity contribution in [2.45, 2.75) is 32.2 Å². The Morgan fingerprint density at radius 1 is 0.592 bits per heavy atom. The third-order valence-corrected chi connectivity index (χ3v) is 10.1. The van der Waals surface area contributed by atoms with Crippen LogP contribution in [0.4, 0.5) is 11.4 Å². The normalized spacial score (nSPS) is 16.2. The van der Waals surface area contributed by atoms with Crippen LogP contribution in [0.2, 0.25) is 0 Å². The Kier molecular flexibility index (Phi) is 8.42. The van der Waals surface area contributed by atoms with E-state index in [0.717, 1.165) is 6.42 Å². The lowest BCUT2D eigenvalue weighted by atomic mass is 9.90. The van der Waals surface area contributed by atoms with E-state index >= 15 is 0 Å². The smallest absolute Gasteiger partial charge is 0.0519 e. The summed E-state index contributed by atoms with van der Waals surface area (Å²) in [5.74, 6) is 0.777. The standard InChI is InChI=1S/C48H41N/c1-3-44(25-18-34(2)42-32-41-16-10-11-17-47(41)48(33-42)38-14-8-5-9-15-38)49(45-26-21-36(22-27-45)35-12-6-4-7-13-35)46-28-23-37(24-29-46)39-19-20-40-31-43(40)30-39/h4-34,43-44H,3H2,1-2H3/b25-18-. The SMILES string of the molecule is CCC(/C=C\C(C)c1cc(-c2ccccc2)c2ccccc2c1)N(c1ccc(C2=CC3C=C3C=C2)cc1)c1ccc(-c2ccccc2)cc1. The molecule has 0 saturated heterocycles. The first-order valence-electron chi connectivity index (χ1n) is 17.6. The topological polar surface area (TPSA) is 3.24 Å². The van der Waals surface area contributed by atoms with Crippen LogP contribution in [-0.4, -0.2) is 6.04 Å². The van der Waals surface area contributed by atoms with Gasteiger partial charge in [-0.1, -0.05) is 166 Å². The minimum atomic E-state index is 0.178. The molecule has 0 aromatic heterocycles. The van der Waals surface area contributed by atoms with Crippen LogP contribution in [0.1, 0.15) is 37.3 Å². The van der Waals surface area contributed by atoms with Gasteiger partial charge in [0.05, 0.1) is 6.04 Å². The fraction of sp³-hybridized carbons (Fsp3) is 0.125. The molecule has 1 nitrogen and oxygen atoms in total. The summed E-state index contributed by atoms with van der Waals surface area (Å²) < 4.78 is 0. The van der Waals surface area contributed by atoms with E-state index in [1.165, 1.54) is 66.7 Å². The van der Waals surface area contributed by atoms with Crippen LogP contribution < -0.4 is 4.90 Å². The van der Waals surface area contributed by atoms with Gasteiger partial charge in [0.15, 0.2) is 0 Å². The first-order valence-corrected chi connectivity index (χ1v) is 17.6. The van der Waals surface area contributed by atoms with E-state index in [4.69, 9.17) is 0 Å². The predicted octanol–water partition coefficient (Wildman–Crippen LogP) is 13.0. The van der Waals surface area contributed by atoms with Crippen LogP contribution in [0.5, 0.6) is 0 Å². The highest BCUT2D eigenvalue weighted by Gasteiger charge is 2.24. The molecule has 3 atom stereocenters. The van der Waals surface area contributed by atoms with Crippen molar-refractivity contribution in [1.29, 1.82) is 0 Å². The molecule has 6 aromatic rings. The second kappa shape index (κ2) is 13.5. The van der Waals surface area contributed by atoms with Gasteiger partial charge < -0.3 is 4.90 Å². The number of hydrogen-bond donors (Lipinski definition) is 0. The Morgan fingerprint density at radius 2 is 1.20 bits per heavy atom. The molecule has 238 valence electrons. The first-order chi connectivity index (χ1) is 24.1. The molecule has 0 radical (unpaired) electrons. The molecule has 2 aliphatic carbocycles. The van der Waals surface area contributed by atoms with Gasteiger partial charge in [-0.25, -0.2) is 0 Å². The van der Waals surface area contributed by atoms with Crippen LogP contribution >= 0.6 is 0 Å². The second-order valence-corrected chi connectivity index (χ2v) is 13.3. The van der Waals surface area contributed by atoms with Crippen molar-refractivity contribution in [3.05, 3.63) is 199 Å². The molecule has 0 heterocycles. The van der Waals surface area contributed by atoms with Crippen LogP contribution in [0, 0.1) is 5.92 Å². The molecule has 6 aromatic carbocycles. The van der Waals surface area contributed by atoms with Gasteiger partial charge in [-0.2, -0.15) is 0 Å². The van der Waals surface area contributed by atoms with Crippen LogP contribution in [0.3, 0.4) is 0 Å². The van der Waals surface area contributed by atoms with Crippen LogP contribution in [0.25, 0.3) is 38.6 Å². The third kappa shape index (κ3) is 6.45. The molecule has 0 aliphatic heterocycles. The van der Waals surface area contributed by atoms with Crippen molar-refractivity contribution in [2.24, 2.45) is 5.92 Å². The molecular formula is C48H41N. The zero-order valence-electron chi connectivity index (χ0n) is 28.2. The Bertz CT molecular complexity index is 2200. The number of benzene rings is 6. The van der Waals surface area contributed by atoms with Gasteiger partial charge in [0.25, 0.3) is 0 Å². The summed E-state index contributed by atoms with van der Waals surface area (Å²) in [7, 11) is 0. The first kappa shape index (κ1) is 30.7. The highest BCUT2D eigenvalue weighted by molar-refractivity contribution is 5.97. The molecule has 1 heteroatoms. The molecule has 0 bridgehead atoms. The monoisotopic (exact) mass is 631 g/mol. The molecular weight excluding hydrogens is 591 g/mol. The molecule has 0 fully saturated rings. The number of rotatable bonds is 10. The number of anilines is 2. The van der Waals surface area contributed by atoms with Crippen molar-refractivity contribution >= 4 is 27.7 Å². The van der Waals surface area contributed by atoms with E-state index < -0.39 is 0 Å². The molecule has 0 saturated carbocycles. The van der Waals surface area contributed by atoms with Crippen molar-refractivity contribution in [3.8, 4) is 22.3 Å². The van der Waals surface area contributed by atoms with E-state index in [2.05, 4.69) is 201 Å². The molecule has 2 aliphatic rings. The summed E-state index contributed by atoms with van der Waals surface area (Å²) in [5, 5.41) is 2.57. The minimum absolute atomic E-state index is 0.178. The maximum atomic E-state index is 2.50. The van der Waals surface area contributed by atoms with E-state index in [-0.39, 0.29) is 12.0 Å². The average molecular weight is 632 g/mol. The molecule has 49 heavy (non-hydrogen) atoms. The van der Waals surface area contributed by atoms with Gasteiger partial charge in [-0.05, 0) is 98.0 Å². The maximum Gasteiger partial charge on any atom is 0.0519 e. The number of fused-ring (bicyclic) bond motifs is 2. The van der Waals surface area contributed by atoms with Gasteiger partial charge in [0.2, 0.25) is 0 Å². The van der Waals surface area contributed by atoms with Crippen molar-refractivity contribution in [3.63, 3.8) is 0 Å². The third-order valence-electron chi connectivity index (χ3n) is 10.1. The fourth-order valence-electron chi connectivity index (χ4n) is 7.15. The number of hydrogen-bond acceptors (Lipinski definition) is 1. The lowest BCUT2D eigenvalue weighted by Gasteiger charge is -2.32. The van der Waals surface area contributed by atoms with E-state index in [1.807, 2.05) is 0 Å². The highest BCUT2D eigenvalue weighted by Crippen LogP contribution is 2.40. The van der Waals surface area contributed by atoms with E-state index in [9.17, 15) is 0 Å². The summed E-state index contributed by atoms with van der Waals surface area (Å²) >= 11 is 0. The Balaban J connectivity index is 1.13. The summed E-state index contributed by atoms with van der Waals surface area (Å²) in [6.07, 6.45) is 15.0. The molecule has 3 unspecified atom stereocenters. The van der Waals surface area contributed by atoms with Gasteiger partial charge in [0, 0.05) is 17.3 Å². The van der Waals surface area contributed by atoms with E-state index in [1.54, 1.807) is 0 Å². The van der Waals surface area contributed by atoms with Crippen molar-refractivity contribution in [2.75, 3.05) is 4.90 Å². The molecule has 8 rings (SSSR count). The lowest BCUT2D eigenvalue weighted by molar-refractivity contribution is 0.743. The summed E-state index contributed by atoms with van der Waals surface area (Å²) in [6.45, 7) is 4.61. The Morgan fingerprint density at radius 3 is 1.88 bits per heavy atom. The van der Waals surface area contributed by atoms with Gasteiger partial charge in [-0.3, -0.25) is 0 Å². The summed E-state index contributed by atoms with van der Waals surface area (Å²) in [5.41, 5.74) is 12.7. The lowest BCUT2D eigenvalue weighted by Crippen LogP contribution is -2.29. The second-order valence-electron chi connectivity index (χ2n) is 13.3. The molecule has 0 spiro atoms. The van der Waals surface area contributed by atoms with Crippen LogP contribution in [0.15, 0.2) is 188 Å². The summed E-state index contributed by atoms with van der Waals surface area (Å²) in [6, 6.07) is 53.3. The Labute approximate surface area is 290 Å². The van der Waals surface area contributed by atoms with Gasteiger partial charge >= 0.3 is 0 Å². The largest absolute Gasteiger partial charge is 0.335 e. The molecule has 0 amide bonds. The van der Waals surface area contributed by atoms with E-state index in [0.29, 0.717) is 5.92 Å².